The monoisotopic (exact) mass is 1240 g/mol. The Balaban J connectivity index is 1.09. The molecule has 84 heavy (non-hydrogen) atoms. The van der Waals surface area contributed by atoms with Crippen LogP contribution in [0.1, 0.15) is 11.1 Å². The Morgan fingerprint density at radius 2 is 0.702 bits per heavy atom. The molecule has 0 aromatic heterocycles. The van der Waals surface area contributed by atoms with Gasteiger partial charge in [-0.25, -0.2) is 0 Å². The molecule has 2 aromatic carbocycles. The molecule has 474 valence electrons. The molecule has 22 atom stereocenters. The third kappa shape index (κ3) is 18.6. The van der Waals surface area contributed by atoms with Gasteiger partial charge in [0.15, 0.2) is 12.6 Å². The van der Waals surface area contributed by atoms with Crippen molar-refractivity contribution in [3.63, 3.8) is 0 Å². The molecule has 34 heteroatoms. The van der Waals surface area contributed by atoms with Crippen LogP contribution in [-0.2, 0) is 60.4 Å². The van der Waals surface area contributed by atoms with Gasteiger partial charge in [-0.3, -0.25) is 19.2 Å². The average molecular weight is 1240 g/mol. The lowest BCUT2D eigenvalue weighted by molar-refractivity contribution is -0.300. The largest absolute Gasteiger partial charge is 0.462 e. The Bertz CT molecular complexity index is 2190. The number of aliphatic hydroxyl groups excluding tert-OH is 16. The summed E-state index contributed by atoms with van der Waals surface area (Å²) in [5.74, 6) is -2.94. The smallest absolute Gasteiger partial charge is 0.243 e. The molecule has 0 radical (unpaired) electrons. The molecule has 4 saturated heterocycles. The highest BCUT2D eigenvalue weighted by molar-refractivity contribution is 8.76. The number of aliphatic hydroxyl groups is 16. The summed E-state index contributed by atoms with van der Waals surface area (Å²) in [6.45, 7) is -3.97. The molecule has 4 aliphatic heterocycles. The van der Waals surface area contributed by atoms with Gasteiger partial charge in [0, 0.05) is 24.6 Å². The van der Waals surface area contributed by atoms with Crippen LogP contribution >= 0.6 is 21.6 Å². The second-order valence-electron chi connectivity index (χ2n) is 19.8. The fraction of sp³-hybridized carbons (Fsp3) is 0.680. The zero-order valence-electron chi connectivity index (χ0n) is 44.7. The van der Waals surface area contributed by atoms with E-state index in [0.717, 1.165) is 21.6 Å². The molecule has 20 N–H and O–H groups in total. The van der Waals surface area contributed by atoms with Gasteiger partial charge in [-0.2, -0.15) is 0 Å². The number of hydrogen-bond donors (Lipinski definition) is 20. The van der Waals surface area contributed by atoms with Crippen LogP contribution < -0.4 is 30.7 Å². The second-order valence-corrected chi connectivity index (χ2v) is 22.4. The normalized spacial score (nSPS) is 34.1. The minimum atomic E-state index is -1.73. The van der Waals surface area contributed by atoms with Gasteiger partial charge < -0.3 is 141 Å². The van der Waals surface area contributed by atoms with Crippen LogP contribution in [0, 0.1) is 0 Å². The predicted molar refractivity (Wildman–Crippen MR) is 283 cm³/mol. The maximum absolute atomic E-state index is 13.7. The van der Waals surface area contributed by atoms with Gasteiger partial charge in [-0.1, -0.05) is 45.9 Å². The van der Waals surface area contributed by atoms with E-state index >= 15 is 0 Å². The van der Waals surface area contributed by atoms with Crippen molar-refractivity contribution >= 4 is 45.2 Å². The number of carbonyl (C=O) groups is 4. The Labute approximate surface area is 486 Å². The molecule has 0 bridgehead atoms. The van der Waals surface area contributed by atoms with Crippen molar-refractivity contribution in [3.05, 3.63) is 59.7 Å². The highest BCUT2D eigenvalue weighted by Gasteiger charge is 2.48. The Morgan fingerprint density at radius 3 is 1.00 bits per heavy atom. The second kappa shape index (κ2) is 33.2. The number of nitrogens with one attached hydrogen (secondary N) is 4. The summed E-state index contributed by atoms with van der Waals surface area (Å²) < 4.78 is 43.6. The van der Waals surface area contributed by atoms with Gasteiger partial charge in [-0.15, -0.1) is 0 Å². The van der Waals surface area contributed by atoms with Crippen LogP contribution in [-0.4, -0.2) is 304 Å². The van der Waals surface area contributed by atoms with E-state index in [-0.39, 0.29) is 62.1 Å². The van der Waals surface area contributed by atoms with Gasteiger partial charge >= 0.3 is 0 Å². The van der Waals surface area contributed by atoms with E-state index in [2.05, 4.69) is 21.3 Å². The molecule has 4 heterocycles. The highest BCUT2D eigenvalue weighted by atomic mass is 33.1. The SMILES string of the molecule is O=C(Cc1ccc(O[C@H]2OC(CO)[C@@H](O)C(O)C2O)cc1)N[C@@H](CSSC[C@H](NC(=O)Cc1ccc(O[C@H]2OC(CO)[C@@H](O)C(O)C2O)cc1)C(=O)NCCO[C@H]1OC(CO)[C@@H](O)C(O)C1O)C(=O)NCCO[C@H]1OC(CO)[C@@H](O)C(O)C1O. The highest BCUT2D eigenvalue weighted by Crippen LogP contribution is 2.29. The van der Waals surface area contributed by atoms with Crippen LogP contribution in [0.25, 0.3) is 0 Å². The number of amides is 4. The zero-order chi connectivity index (χ0) is 61.4. The first-order valence-electron chi connectivity index (χ1n) is 26.4. The molecule has 32 nitrogen and oxygen atoms in total. The molecule has 4 amide bonds. The first-order valence-corrected chi connectivity index (χ1v) is 28.9. The number of ether oxygens (including phenoxy) is 8. The van der Waals surface area contributed by atoms with Gasteiger partial charge in [0.2, 0.25) is 36.2 Å². The number of benzene rings is 2. The predicted octanol–water partition coefficient (Wildman–Crippen LogP) is -9.95. The Morgan fingerprint density at radius 1 is 0.417 bits per heavy atom. The van der Waals surface area contributed by atoms with Crippen molar-refractivity contribution in [2.75, 3.05) is 64.2 Å². The minimum Gasteiger partial charge on any atom is -0.462 e. The van der Waals surface area contributed by atoms with Crippen molar-refractivity contribution in [1.82, 2.24) is 21.3 Å². The van der Waals surface area contributed by atoms with E-state index < -0.39 is 185 Å². The fourth-order valence-corrected chi connectivity index (χ4v) is 11.1. The van der Waals surface area contributed by atoms with E-state index in [1.807, 2.05) is 0 Å². The van der Waals surface area contributed by atoms with Crippen LogP contribution in [0.4, 0.5) is 0 Å². The van der Waals surface area contributed by atoms with Crippen molar-refractivity contribution in [3.8, 4) is 11.5 Å². The third-order valence-corrected chi connectivity index (χ3v) is 16.1. The van der Waals surface area contributed by atoms with Crippen LogP contribution in [0.15, 0.2) is 48.5 Å². The lowest BCUT2D eigenvalue weighted by Gasteiger charge is -2.39. The summed E-state index contributed by atoms with van der Waals surface area (Å²) in [4.78, 5) is 54.6. The van der Waals surface area contributed by atoms with E-state index in [0.29, 0.717) is 11.1 Å². The molecule has 4 fully saturated rings. The van der Waals surface area contributed by atoms with Crippen LogP contribution in [0.5, 0.6) is 11.5 Å². The number of rotatable bonds is 29. The van der Waals surface area contributed by atoms with Gasteiger partial charge in [0.05, 0.1) is 52.5 Å². The first-order chi connectivity index (χ1) is 40.1. The van der Waals surface area contributed by atoms with Gasteiger partial charge in [-0.05, 0) is 35.4 Å². The van der Waals surface area contributed by atoms with E-state index in [9.17, 15) is 101 Å². The number of hydrogen-bond acceptors (Lipinski definition) is 30. The average Bonchev–Trinajstić information content (AvgIpc) is 3.39. The summed E-state index contributed by atoms with van der Waals surface area (Å²) in [7, 11) is 2.00. The van der Waals surface area contributed by atoms with Crippen molar-refractivity contribution < 1.29 is 139 Å². The fourth-order valence-electron chi connectivity index (χ4n) is 8.78. The molecular weight excluding hydrogens is 1170 g/mol. The molecule has 0 saturated carbocycles. The molecule has 12 unspecified atom stereocenters. The van der Waals surface area contributed by atoms with Gasteiger partial charge in [0.25, 0.3) is 0 Å². The van der Waals surface area contributed by atoms with E-state index in [4.69, 9.17) is 37.9 Å². The van der Waals surface area contributed by atoms with Crippen LogP contribution in [0.3, 0.4) is 0 Å². The molecule has 4 aliphatic rings. The van der Waals surface area contributed by atoms with Crippen molar-refractivity contribution in [2.24, 2.45) is 0 Å². The molecule has 0 spiro atoms. The Kier molecular flexibility index (Phi) is 27.2. The molecule has 2 aromatic rings. The number of carbonyl (C=O) groups excluding carboxylic acids is 4. The quantitative estimate of drug-likeness (QED) is 0.0266. The minimum absolute atomic E-state index is 0.113. The summed E-state index contributed by atoms with van der Waals surface area (Å²) >= 11 is 0. The molecule has 0 aliphatic carbocycles. The van der Waals surface area contributed by atoms with Crippen molar-refractivity contribution in [2.45, 2.75) is 148 Å². The summed E-state index contributed by atoms with van der Waals surface area (Å²) in [5.41, 5.74) is 0.812. The summed E-state index contributed by atoms with van der Waals surface area (Å²) in [6.07, 6.45) is -31.8. The lowest BCUT2D eigenvalue weighted by Crippen LogP contribution is -2.60. The molecular formula is C50H74N4O28S2. The first kappa shape index (κ1) is 68.8. The third-order valence-electron chi connectivity index (χ3n) is 13.7. The molecule has 6 rings (SSSR count). The summed E-state index contributed by atoms with van der Waals surface area (Å²) in [6, 6.07) is 8.97. The maximum atomic E-state index is 13.7. The Hall–Kier alpha value is -4.26. The maximum Gasteiger partial charge on any atom is 0.243 e. The lowest BCUT2D eigenvalue weighted by atomic mass is 9.99. The van der Waals surface area contributed by atoms with E-state index in [1.54, 1.807) is 0 Å². The van der Waals surface area contributed by atoms with E-state index in [1.165, 1.54) is 48.5 Å². The standard InChI is InChI=1S/C50H74N4O28S2/c55-15-27-33(61)37(65)41(69)47(79-27)75-11-9-51-45(73)25(53-31(59)13-21-1-5-23(6-2-21)77-49-43(71)39(67)35(63)29(17-57)81-49)19-83-84-20-26(46(74)52-10-12-76-48-42(70)38(66)34(62)28(16-56)80-48)54-32(60)14-22-3-7-24(8-4-22)78-50-44(72)40(68)36(64)30(18-58)82-50/h1-8,25-30,33-44,47-50,55-58,61-72H,9-20H2,(H,51,73)(H,52,74)(H,53,59)(H,54,60)/t25-,26-,27?,28?,29?,30?,33+,34+,35+,36+,37?,38?,39?,40?,41?,42?,43?,44?,47-,48-,49-,50-/m0/s1. The topological polar surface area (TPSA) is 514 Å². The zero-order valence-corrected chi connectivity index (χ0v) is 46.3. The van der Waals surface area contributed by atoms with Crippen LogP contribution in [0.2, 0.25) is 0 Å². The summed E-state index contributed by atoms with van der Waals surface area (Å²) in [5, 5.41) is 171. The van der Waals surface area contributed by atoms with Crippen molar-refractivity contribution in [1.29, 1.82) is 0 Å². The van der Waals surface area contributed by atoms with Gasteiger partial charge in [0.1, 0.15) is 121 Å².